The highest BCUT2D eigenvalue weighted by atomic mass is 16.4. The number of benzene rings is 1. The number of carboxylic acid groups (broad SMARTS) is 1. The van der Waals surface area contributed by atoms with Gasteiger partial charge in [-0.05, 0) is 31.0 Å². The smallest absolute Gasteiger partial charge is 0.375 e. The molecule has 5 nitrogen and oxygen atoms in total. The first-order valence-electron chi connectivity index (χ1n) is 5.88. The van der Waals surface area contributed by atoms with Crippen molar-refractivity contribution in [3.05, 3.63) is 41.5 Å². The molecule has 0 amide bonds. The molecular weight excluding hydrogens is 230 g/mol. The van der Waals surface area contributed by atoms with Crippen LogP contribution < -0.4 is 0 Å². The third kappa shape index (κ3) is 2.40. The molecule has 1 heterocycles. The van der Waals surface area contributed by atoms with Crippen LogP contribution in [0.1, 0.15) is 35.4 Å². The van der Waals surface area contributed by atoms with Crippen LogP contribution in [0.2, 0.25) is 0 Å². The number of aryl methyl sites for hydroxylation is 2. The second-order valence-corrected chi connectivity index (χ2v) is 4.16. The van der Waals surface area contributed by atoms with Gasteiger partial charge in [0.1, 0.15) is 5.82 Å². The Morgan fingerprint density at radius 1 is 1.44 bits per heavy atom. The number of aromatic carboxylic acids is 1. The molecule has 0 saturated carbocycles. The van der Waals surface area contributed by atoms with Crippen LogP contribution in [0.4, 0.5) is 0 Å². The van der Waals surface area contributed by atoms with Crippen LogP contribution in [-0.4, -0.2) is 25.8 Å². The number of aromatic nitrogens is 3. The topological polar surface area (TPSA) is 68.0 Å². The first-order valence-corrected chi connectivity index (χ1v) is 5.88. The van der Waals surface area contributed by atoms with Gasteiger partial charge in [0.2, 0.25) is 0 Å². The Kier molecular flexibility index (Phi) is 3.41. The van der Waals surface area contributed by atoms with Gasteiger partial charge in [-0.1, -0.05) is 19.1 Å². The van der Waals surface area contributed by atoms with Crippen molar-refractivity contribution in [1.82, 2.24) is 14.8 Å². The van der Waals surface area contributed by atoms with Crippen LogP contribution >= 0.6 is 0 Å². The normalized spacial score (nSPS) is 10.6. The van der Waals surface area contributed by atoms with Crippen LogP contribution in [-0.2, 0) is 6.42 Å². The summed E-state index contributed by atoms with van der Waals surface area (Å²) in [6.07, 6.45) is 1.60. The van der Waals surface area contributed by atoms with Crippen molar-refractivity contribution in [2.45, 2.75) is 26.7 Å². The van der Waals surface area contributed by atoms with E-state index >= 15 is 0 Å². The summed E-state index contributed by atoms with van der Waals surface area (Å²) in [5.41, 5.74) is 1.95. The molecule has 94 valence electrons. The van der Waals surface area contributed by atoms with Gasteiger partial charge >= 0.3 is 5.97 Å². The van der Waals surface area contributed by atoms with Crippen LogP contribution in [0.15, 0.2) is 24.3 Å². The van der Waals surface area contributed by atoms with Gasteiger partial charge in [-0.15, -0.1) is 5.10 Å². The van der Waals surface area contributed by atoms with E-state index in [-0.39, 0.29) is 5.82 Å². The van der Waals surface area contributed by atoms with E-state index in [1.165, 1.54) is 0 Å². The van der Waals surface area contributed by atoms with Gasteiger partial charge in [0.25, 0.3) is 5.82 Å². The lowest BCUT2D eigenvalue weighted by molar-refractivity contribution is 0.0683. The number of carbonyl (C=O) groups is 1. The monoisotopic (exact) mass is 245 g/mol. The van der Waals surface area contributed by atoms with Crippen molar-refractivity contribution in [1.29, 1.82) is 0 Å². The Balaban J connectivity index is 2.51. The van der Waals surface area contributed by atoms with Gasteiger partial charge < -0.3 is 5.11 Å². The SMILES string of the molecule is CCCc1nc(C(=O)O)nn1-c1cccc(C)c1. The van der Waals surface area contributed by atoms with Gasteiger partial charge in [-0.3, -0.25) is 0 Å². The maximum atomic E-state index is 10.9. The molecule has 0 aliphatic carbocycles. The van der Waals surface area contributed by atoms with Gasteiger partial charge in [-0.25, -0.2) is 14.5 Å². The van der Waals surface area contributed by atoms with Crippen LogP contribution in [0.3, 0.4) is 0 Å². The van der Waals surface area contributed by atoms with Crippen molar-refractivity contribution >= 4 is 5.97 Å². The van der Waals surface area contributed by atoms with Crippen LogP contribution in [0, 0.1) is 6.92 Å². The van der Waals surface area contributed by atoms with E-state index in [0.29, 0.717) is 12.2 Å². The fourth-order valence-electron chi connectivity index (χ4n) is 1.79. The number of rotatable bonds is 4. The van der Waals surface area contributed by atoms with Gasteiger partial charge in [0.15, 0.2) is 0 Å². The lowest BCUT2D eigenvalue weighted by Crippen LogP contribution is -2.04. The standard InChI is InChI=1S/C13H15N3O2/c1-3-5-11-14-12(13(17)18)15-16(11)10-7-4-6-9(2)8-10/h4,6-8H,3,5H2,1-2H3,(H,17,18). The molecular formula is C13H15N3O2. The molecule has 0 radical (unpaired) electrons. The van der Waals surface area contributed by atoms with Gasteiger partial charge in [0.05, 0.1) is 5.69 Å². The lowest BCUT2D eigenvalue weighted by Gasteiger charge is -2.05. The Labute approximate surface area is 105 Å². The van der Waals surface area contributed by atoms with Gasteiger partial charge in [-0.2, -0.15) is 0 Å². The van der Waals surface area contributed by atoms with Gasteiger partial charge in [0, 0.05) is 6.42 Å². The van der Waals surface area contributed by atoms with Crippen LogP contribution in [0.25, 0.3) is 5.69 Å². The van der Waals surface area contributed by atoms with E-state index in [2.05, 4.69) is 10.1 Å². The van der Waals surface area contributed by atoms with E-state index in [1.54, 1.807) is 4.68 Å². The average molecular weight is 245 g/mol. The summed E-state index contributed by atoms with van der Waals surface area (Å²) < 4.78 is 1.61. The van der Waals surface area contributed by atoms with Crippen molar-refractivity contribution in [2.24, 2.45) is 0 Å². The summed E-state index contributed by atoms with van der Waals surface area (Å²) in [6.45, 7) is 4.01. The fourth-order valence-corrected chi connectivity index (χ4v) is 1.79. The van der Waals surface area contributed by atoms with E-state index in [0.717, 1.165) is 17.7 Å². The molecule has 0 spiro atoms. The minimum Gasteiger partial charge on any atom is -0.475 e. The molecule has 0 aliphatic rings. The summed E-state index contributed by atoms with van der Waals surface area (Å²) >= 11 is 0. The molecule has 5 heteroatoms. The summed E-state index contributed by atoms with van der Waals surface area (Å²) in [5, 5.41) is 13.0. The largest absolute Gasteiger partial charge is 0.475 e. The maximum absolute atomic E-state index is 10.9. The molecule has 0 aliphatic heterocycles. The summed E-state index contributed by atoms with van der Waals surface area (Å²) in [6, 6.07) is 7.76. The van der Waals surface area contributed by atoms with Crippen molar-refractivity contribution in [3.8, 4) is 5.69 Å². The number of hydrogen-bond donors (Lipinski definition) is 1. The van der Waals surface area contributed by atoms with Crippen molar-refractivity contribution in [3.63, 3.8) is 0 Å². The average Bonchev–Trinajstić information content (AvgIpc) is 2.74. The Morgan fingerprint density at radius 3 is 2.83 bits per heavy atom. The highest BCUT2D eigenvalue weighted by molar-refractivity contribution is 5.83. The van der Waals surface area contributed by atoms with Crippen molar-refractivity contribution in [2.75, 3.05) is 0 Å². The molecule has 2 rings (SSSR count). The highest BCUT2D eigenvalue weighted by Gasteiger charge is 2.15. The third-order valence-corrected chi connectivity index (χ3v) is 2.59. The van der Waals surface area contributed by atoms with Crippen molar-refractivity contribution < 1.29 is 9.90 Å². The summed E-state index contributed by atoms with van der Waals surface area (Å²) in [4.78, 5) is 15.0. The Morgan fingerprint density at radius 2 is 2.22 bits per heavy atom. The molecule has 0 bridgehead atoms. The van der Waals surface area contributed by atoms with E-state index in [4.69, 9.17) is 5.11 Å². The number of nitrogens with zero attached hydrogens (tertiary/aromatic N) is 3. The second kappa shape index (κ2) is 5.00. The molecule has 0 atom stereocenters. The van der Waals surface area contributed by atoms with E-state index in [1.807, 2.05) is 38.1 Å². The molecule has 2 aromatic rings. The Hall–Kier alpha value is -2.17. The molecule has 1 N–H and O–H groups in total. The molecule has 18 heavy (non-hydrogen) atoms. The predicted octanol–water partition coefficient (Wildman–Crippen LogP) is 2.23. The zero-order valence-corrected chi connectivity index (χ0v) is 10.4. The second-order valence-electron chi connectivity index (χ2n) is 4.16. The summed E-state index contributed by atoms with van der Waals surface area (Å²) in [7, 11) is 0. The van der Waals surface area contributed by atoms with E-state index in [9.17, 15) is 4.79 Å². The summed E-state index contributed by atoms with van der Waals surface area (Å²) in [5.74, 6) is -0.570. The zero-order valence-electron chi connectivity index (χ0n) is 10.4. The minimum atomic E-state index is -1.10. The molecule has 0 saturated heterocycles. The molecule has 0 unspecified atom stereocenters. The third-order valence-electron chi connectivity index (χ3n) is 2.59. The molecule has 1 aromatic heterocycles. The van der Waals surface area contributed by atoms with E-state index < -0.39 is 5.97 Å². The number of carboxylic acids is 1. The zero-order chi connectivity index (χ0) is 13.1. The first kappa shape index (κ1) is 12.3. The minimum absolute atomic E-state index is 0.153. The van der Waals surface area contributed by atoms with Crippen LogP contribution in [0.5, 0.6) is 0 Å². The lowest BCUT2D eigenvalue weighted by atomic mass is 10.2. The maximum Gasteiger partial charge on any atom is 0.375 e. The highest BCUT2D eigenvalue weighted by Crippen LogP contribution is 2.13. The first-order chi connectivity index (χ1) is 8.61. The Bertz CT molecular complexity index is 575. The number of hydrogen-bond acceptors (Lipinski definition) is 3. The quantitative estimate of drug-likeness (QED) is 0.896. The predicted molar refractivity (Wildman–Crippen MR) is 67.1 cm³/mol. The molecule has 0 fully saturated rings. The fraction of sp³-hybridized carbons (Fsp3) is 0.308. The molecule has 1 aromatic carbocycles.